The lowest BCUT2D eigenvalue weighted by Gasteiger charge is -2.09. The average Bonchev–Trinajstić information content (AvgIpc) is 2.95. The van der Waals surface area contributed by atoms with E-state index in [4.69, 9.17) is 28.6 Å². The average molecular weight is 347 g/mol. The van der Waals surface area contributed by atoms with Gasteiger partial charge in [0.25, 0.3) is 0 Å². The number of hydrogen-bond acceptors (Lipinski definition) is 4. The van der Waals surface area contributed by atoms with Gasteiger partial charge in [-0.25, -0.2) is 0 Å². The van der Waals surface area contributed by atoms with E-state index in [1.54, 1.807) is 7.11 Å². The van der Waals surface area contributed by atoms with E-state index in [1.165, 1.54) is 0 Å². The van der Waals surface area contributed by atoms with Crippen LogP contribution in [-0.2, 0) is 6.54 Å². The SMILES string of the molecule is COc1ccc(-n2c(CNc3ccc(Cl)cc3)n[nH]c2=S)cc1. The predicted octanol–water partition coefficient (Wildman–Crippen LogP) is 4.20. The van der Waals surface area contributed by atoms with Crippen LogP contribution in [0.1, 0.15) is 5.82 Å². The molecule has 2 aromatic carbocycles. The second-order valence-electron chi connectivity index (χ2n) is 4.84. The highest BCUT2D eigenvalue weighted by Crippen LogP contribution is 2.18. The van der Waals surface area contributed by atoms with Crippen molar-refractivity contribution in [3.8, 4) is 11.4 Å². The number of methoxy groups -OCH3 is 1. The summed E-state index contributed by atoms with van der Waals surface area (Å²) in [5, 5.41) is 11.1. The summed E-state index contributed by atoms with van der Waals surface area (Å²) < 4.78 is 7.61. The number of benzene rings is 2. The molecule has 5 nitrogen and oxygen atoms in total. The summed E-state index contributed by atoms with van der Waals surface area (Å²) in [5.74, 6) is 1.58. The van der Waals surface area contributed by atoms with E-state index >= 15 is 0 Å². The fraction of sp³-hybridized carbons (Fsp3) is 0.125. The molecule has 2 N–H and O–H groups in total. The third-order valence-corrected chi connectivity index (χ3v) is 3.89. The van der Waals surface area contributed by atoms with Crippen LogP contribution in [0.3, 0.4) is 0 Å². The number of nitrogens with zero attached hydrogens (tertiary/aromatic N) is 2. The van der Waals surface area contributed by atoms with E-state index in [0.717, 1.165) is 22.9 Å². The van der Waals surface area contributed by atoms with E-state index < -0.39 is 0 Å². The van der Waals surface area contributed by atoms with E-state index in [9.17, 15) is 0 Å². The molecule has 0 amide bonds. The molecule has 3 rings (SSSR count). The van der Waals surface area contributed by atoms with E-state index in [0.29, 0.717) is 16.3 Å². The summed E-state index contributed by atoms with van der Waals surface area (Å²) in [6.45, 7) is 0.529. The van der Waals surface area contributed by atoms with Crippen molar-refractivity contribution >= 4 is 29.5 Å². The van der Waals surface area contributed by atoms with Crippen molar-refractivity contribution in [2.45, 2.75) is 6.54 Å². The Labute approximate surface area is 143 Å². The Kier molecular flexibility index (Phi) is 4.64. The molecule has 0 atom stereocenters. The minimum Gasteiger partial charge on any atom is -0.497 e. The molecule has 7 heteroatoms. The van der Waals surface area contributed by atoms with Crippen LogP contribution in [0.15, 0.2) is 48.5 Å². The molecular weight excluding hydrogens is 332 g/mol. The molecule has 0 aliphatic rings. The maximum Gasteiger partial charge on any atom is 0.199 e. The summed E-state index contributed by atoms with van der Waals surface area (Å²) in [6, 6.07) is 15.2. The highest BCUT2D eigenvalue weighted by molar-refractivity contribution is 7.71. The van der Waals surface area contributed by atoms with Gasteiger partial charge < -0.3 is 10.1 Å². The molecule has 3 aromatic rings. The van der Waals surface area contributed by atoms with Crippen LogP contribution < -0.4 is 10.1 Å². The molecule has 0 saturated heterocycles. The van der Waals surface area contributed by atoms with Crippen LogP contribution in [0.2, 0.25) is 5.02 Å². The van der Waals surface area contributed by atoms with Crippen LogP contribution in [0, 0.1) is 4.77 Å². The van der Waals surface area contributed by atoms with Gasteiger partial charge in [-0.2, -0.15) is 5.10 Å². The Balaban J connectivity index is 1.83. The van der Waals surface area contributed by atoms with Gasteiger partial charge in [0.15, 0.2) is 10.6 Å². The highest BCUT2D eigenvalue weighted by atomic mass is 35.5. The second-order valence-corrected chi connectivity index (χ2v) is 5.66. The lowest BCUT2D eigenvalue weighted by Crippen LogP contribution is -2.07. The Morgan fingerprint density at radius 1 is 1.17 bits per heavy atom. The zero-order valence-electron chi connectivity index (χ0n) is 12.4. The lowest BCUT2D eigenvalue weighted by atomic mass is 10.3. The van der Waals surface area contributed by atoms with Gasteiger partial charge in [-0.1, -0.05) is 11.6 Å². The number of H-pyrrole nitrogens is 1. The monoisotopic (exact) mass is 346 g/mol. The van der Waals surface area contributed by atoms with Crippen LogP contribution in [-0.4, -0.2) is 21.9 Å². The zero-order valence-corrected chi connectivity index (χ0v) is 14.0. The molecule has 1 heterocycles. The van der Waals surface area contributed by atoms with Gasteiger partial charge in [0, 0.05) is 16.4 Å². The number of aromatic amines is 1. The van der Waals surface area contributed by atoms with Crippen LogP contribution in [0.4, 0.5) is 5.69 Å². The van der Waals surface area contributed by atoms with Gasteiger partial charge >= 0.3 is 0 Å². The Morgan fingerprint density at radius 3 is 2.52 bits per heavy atom. The molecular formula is C16H15ClN4OS. The molecule has 0 aliphatic carbocycles. The smallest absolute Gasteiger partial charge is 0.199 e. The Bertz CT molecular complexity index is 840. The fourth-order valence-corrected chi connectivity index (χ4v) is 2.58. The van der Waals surface area contributed by atoms with Gasteiger partial charge in [-0.15, -0.1) is 0 Å². The lowest BCUT2D eigenvalue weighted by molar-refractivity contribution is 0.414. The molecule has 1 aromatic heterocycles. The normalized spacial score (nSPS) is 10.5. The first-order valence-electron chi connectivity index (χ1n) is 6.97. The van der Waals surface area contributed by atoms with Gasteiger partial charge in [0.1, 0.15) is 5.75 Å². The van der Waals surface area contributed by atoms with Crippen LogP contribution in [0.5, 0.6) is 5.75 Å². The standard InChI is InChI=1S/C16H15ClN4OS/c1-22-14-8-6-13(7-9-14)21-15(19-20-16(21)23)10-18-12-4-2-11(17)3-5-12/h2-9,18H,10H2,1H3,(H,20,23). The fourth-order valence-electron chi connectivity index (χ4n) is 2.19. The van der Waals surface area contributed by atoms with Gasteiger partial charge in [-0.3, -0.25) is 9.67 Å². The zero-order chi connectivity index (χ0) is 16.2. The van der Waals surface area contributed by atoms with E-state index in [-0.39, 0.29) is 0 Å². The van der Waals surface area contributed by atoms with Crippen molar-refractivity contribution in [1.82, 2.24) is 14.8 Å². The first kappa shape index (κ1) is 15.6. The van der Waals surface area contributed by atoms with Crippen molar-refractivity contribution in [3.05, 3.63) is 64.1 Å². The van der Waals surface area contributed by atoms with Crippen LogP contribution >= 0.6 is 23.8 Å². The molecule has 0 bridgehead atoms. The first-order chi connectivity index (χ1) is 11.2. The summed E-state index contributed by atoms with van der Waals surface area (Å²) in [7, 11) is 1.64. The number of hydrogen-bond donors (Lipinski definition) is 2. The van der Waals surface area contributed by atoms with Gasteiger partial charge in [-0.05, 0) is 60.7 Å². The molecule has 0 unspecified atom stereocenters. The van der Waals surface area contributed by atoms with Crippen molar-refractivity contribution in [2.24, 2.45) is 0 Å². The number of rotatable bonds is 5. The summed E-state index contributed by atoms with van der Waals surface area (Å²) in [4.78, 5) is 0. The third kappa shape index (κ3) is 3.55. The second kappa shape index (κ2) is 6.85. The topological polar surface area (TPSA) is 54.9 Å². The van der Waals surface area contributed by atoms with E-state index in [2.05, 4.69) is 15.5 Å². The molecule has 0 spiro atoms. The molecule has 118 valence electrons. The molecule has 0 radical (unpaired) electrons. The maximum atomic E-state index is 5.89. The van der Waals surface area contributed by atoms with Gasteiger partial charge in [0.2, 0.25) is 0 Å². The van der Waals surface area contributed by atoms with Crippen molar-refractivity contribution < 1.29 is 4.74 Å². The number of ether oxygens (including phenoxy) is 1. The maximum absolute atomic E-state index is 5.89. The third-order valence-electron chi connectivity index (χ3n) is 3.37. The summed E-state index contributed by atoms with van der Waals surface area (Å²) >= 11 is 11.2. The number of nitrogens with one attached hydrogen (secondary N) is 2. The summed E-state index contributed by atoms with van der Waals surface area (Å²) in [5.41, 5.74) is 1.89. The quantitative estimate of drug-likeness (QED) is 0.680. The molecule has 0 fully saturated rings. The Hall–Kier alpha value is -2.31. The highest BCUT2D eigenvalue weighted by Gasteiger charge is 2.08. The van der Waals surface area contributed by atoms with Crippen LogP contribution in [0.25, 0.3) is 5.69 Å². The number of aromatic nitrogens is 3. The van der Waals surface area contributed by atoms with Crippen molar-refractivity contribution in [2.75, 3.05) is 12.4 Å². The van der Waals surface area contributed by atoms with E-state index in [1.807, 2.05) is 53.1 Å². The Morgan fingerprint density at radius 2 is 1.87 bits per heavy atom. The number of halogens is 1. The molecule has 0 aliphatic heterocycles. The first-order valence-corrected chi connectivity index (χ1v) is 7.76. The predicted molar refractivity (Wildman–Crippen MR) is 94.1 cm³/mol. The largest absolute Gasteiger partial charge is 0.497 e. The summed E-state index contributed by atoms with van der Waals surface area (Å²) in [6.07, 6.45) is 0. The molecule has 23 heavy (non-hydrogen) atoms. The van der Waals surface area contributed by atoms with Crippen molar-refractivity contribution in [3.63, 3.8) is 0 Å². The minimum atomic E-state index is 0.529. The molecule has 0 saturated carbocycles. The van der Waals surface area contributed by atoms with Gasteiger partial charge in [0.05, 0.1) is 13.7 Å². The van der Waals surface area contributed by atoms with Crippen molar-refractivity contribution in [1.29, 1.82) is 0 Å². The number of anilines is 1. The minimum absolute atomic E-state index is 0.529.